The van der Waals surface area contributed by atoms with Gasteiger partial charge in [0.15, 0.2) is 11.5 Å². The standard InChI is InChI=1S/C22H40N2O4.2ClH/c1-6-24-15-20(25)19(23)14-18(16(2)3)12-17-8-9-21(27-5)22(13-17)28-11-7-10-26-4;;/h8-9,13,16,18-20,24-25H,6-7,10-12,14-15,23H2,1-5H3;2*1H/t18-,19-,20-;;/m0../s1. The van der Waals surface area contributed by atoms with Crippen LogP contribution in [-0.4, -0.2) is 57.8 Å². The van der Waals surface area contributed by atoms with E-state index in [0.717, 1.165) is 37.3 Å². The highest BCUT2D eigenvalue weighted by molar-refractivity contribution is 5.85. The van der Waals surface area contributed by atoms with E-state index in [4.69, 9.17) is 19.9 Å². The van der Waals surface area contributed by atoms with Gasteiger partial charge >= 0.3 is 0 Å². The summed E-state index contributed by atoms with van der Waals surface area (Å²) < 4.78 is 16.4. The zero-order valence-corrected chi connectivity index (χ0v) is 20.7. The van der Waals surface area contributed by atoms with E-state index in [2.05, 4.69) is 31.3 Å². The molecule has 0 heterocycles. The molecule has 0 radical (unpaired) electrons. The van der Waals surface area contributed by atoms with Crippen molar-refractivity contribution < 1.29 is 19.3 Å². The Balaban J connectivity index is 0. The minimum Gasteiger partial charge on any atom is -0.493 e. The number of likely N-dealkylation sites (N-methyl/N-ethyl adjacent to an activating group) is 1. The van der Waals surface area contributed by atoms with Gasteiger partial charge in [0.2, 0.25) is 0 Å². The SMILES string of the molecule is CCNC[C@H](O)[C@@H](N)C[C@H](Cc1ccc(OC)c(OCCCOC)c1)C(C)C.Cl.Cl. The van der Waals surface area contributed by atoms with Crippen molar-refractivity contribution >= 4 is 24.8 Å². The van der Waals surface area contributed by atoms with Crippen molar-refractivity contribution in [2.45, 2.75) is 52.2 Å². The fraction of sp³-hybridized carbons (Fsp3) is 0.727. The zero-order chi connectivity index (χ0) is 20.9. The van der Waals surface area contributed by atoms with Crippen molar-refractivity contribution in [3.8, 4) is 11.5 Å². The van der Waals surface area contributed by atoms with E-state index in [1.807, 2.05) is 13.0 Å². The maximum atomic E-state index is 10.3. The molecule has 0 saturated heterocycles. The number of hydrogen-bond donors (Lipinski definition) is 3. The first-order chi connectivity index (χ1) is 13.4. The van der Waals surface area contributed by atoms with Gasteiger partial charge in [-0.25, -0.2) is 0 Å². The maximum Gasteiger partial charge on any atom is 0.161 e. The predicted octanol–water partition coefficient (Wildman–Crippen LogP) is 3.46. The van der Waals surface area contributed by atoms with Crippen LogP contribution in [0.5, 0.6) is 11.5 Å². The summed E-state index contributed by atoms with van der Waals surface area (Å²) in [5.41, 5.74) is 7.46. The molecule has 0 spiro atoms. The number of ether oxygens (including phenoxy) is 3. The molecule has 0 fully saturated rings. The maximum absolute atomic E-state index is 10.3. The lowest BCUT2D eigenvalue weighted by molar-refractivity contribution is 0.125. The van der Waals surface area contributed by atoms with Crippen molar-refractivity contribution in [1.29, 1.82) is 0 Å². The van der Waals surface area contributed by atoms with Gasteiger partial charge < -0.3 is 30.4 Å². The average Bonchev–Trinajstić information content (AvgIpc) is 2.68. The van der Waals surface area contributed by atoms with E-state index < -0.39 is 6.10 Å². The Labute approximate surface area is 195 Å². The van der Waals surface area contributed by atoms with E-state index in [0.29, 0.717) is 31.6 Å². The quantitative estimate of drug-likeness (QED) is 0.341. The van der Waals surface area contributed by atoms with Gasteiger partial charge in [-0.2, -0.15) is 0 Å². The number of aliphatic hydroxyl groups is 1. The molecule has 0 saturated carbocycles. The fourth-order valence-corrected chi connectivity index (χ4v) is 3.19. The van der Waals surface area contributed by atoms with Gasteiger partial charge in [0.25, 0.3) is 0 Å². The summed E-state index contributed by atoms with van der Waals surface area (Å²) in [6.07, 6.45) is 1.96. The van der Waals surface area contributed by atoms with Crippen LogP contribution in [0.4, 0.5) is 0 Å². The number of nitrogens with one attached hydrogen (secondary N) is 1. The van der Waals surface area contributed by atoms with Crippen LogP contribution in [0.1, 0.15) is 39.2 Å². The molecule has 1 aromatic carbocycles. The molecule has 30 heavy (non-hydrogen) atoms. The highest BCUT2D eigenvalue weighted by atomic mass is 35.5. The first kappa shape index (κ1) is 31.4. The van der Waals surface area contributed by atoms with Gasteiger partial charge in [-0.1, -0.05) is 26.8 Å². The van der Waals surface area contributed by atoms with Crippen LogP contribution in [0.3, 0.4) is 0 Å². The van der Waals surface area contributed by atoms with Crippen molar-refractivity contribution in [3.63, 3.8) is 0 Å². The summed E-state index contributed by atoms with van der Waals surface area (Å²) in [6, 6.07) is 5.85. The monoisotopic (exact) mass is 468 g/mol. The third kappa shape index (κ3) is 11.6. The highest BCUT2D eigenvalue weighted by Crippen LogP contribution is 2.31. The van der Waals surface area contributed by atoms with E-state index in [-0.39, 0.29) is 30.9 Å². The molecule has 0 aliphatic carbocycles. The van der Waals surface area contributed by atoms with Crippen molar-refractivity contribution in [1.82, 2.24) is 5.32 Å². The summed E-state index contributed by atoms with van der Waals surface area (Å²) in [6.45, 7) is 9.06. The average molecular weight is 469 g/mol. The lowest BCUT2D eigenvalue weighted by Gasteiger charge is -2.27. The van der Waals surface area contributed by atoms with Crippen LogP contribution in [0, 0.1) is 11.8 Å². The normalized spacial score (nSPS) is 13.7. The zero-order valence-electron chi connectivity index (χ0n) is 19.1. The molecule has 178 valence electrons. The van der Waals surface area contributed by atoms with Crippen LogP contribution in [0.25, 0.3) is 0 Å². The summed E-state index contributed by atoms with van der Waals surface area (Å²) in [5.74, 6) is 2.33. The number of methoxy groups -OCH3 is 2. The molecule has 3 atom stereocenters. The van der Waals surface area contributed by atoms with Crippen LogP contribution in [0.2, 0.25) is 0 Å². The molecule has 8 heteroatoms. The largest absolute Gasteiger partial charge is 0.493 e. The number of hydrogen-bond acceptors (Lipinski definition) is 6. The molecule has 1 rings (SSSR count). The number of aliphatic hydroxyl groups excluding tert-OH is 1. The smallest absolute Gasteiger partial charge is 0.161 e. The van der Waals surface area contributed by atoms with Crippen LogP contribution in [0.15, 0.2) is 18.2 Å². The van der Waals surface area contributed by atoms with Crippen molar-refractivity contribution in [2.75, 3.05) is 40.5 Å². The first-order valence-electron chi connectivity index (χ1n) is 10.4. The molecule has 0 aliphatic rings. The Bertz CT molecular complexity index is 550. The van der Waals surface area contributed by atoms with Crippen molar-refractivity contribution in [3.05, 3.63) is 23.8 Å². The Kier molecular flexibility index (Phi) is 18.7. The second-order valence-electron chi connectivity index (χ2n) is 7.66. The lowest BCUT2D eigenvalue weighted by atomic mass is 9.83. The highest BCUT2D eigenvalue weighted by Gasteiger charge is 2.23. The second-order valence-corrected chi connectivity index (χ2v) is 7.66. The number of nitrogens with two attached hydrogens (primary N) is 1. The molecule has 0 unspecified atom stereocenters. The molecule has 4 N–H and O–H groups in total. The predicted molar refractivity (Wildman–Crippen MR) is 129 cm³/mol. The topological polar surface area (TPSA) is 86.0 Å². The number of benzene rings is 1. The van der Waals surface area contributed by atoms with Gasteiger partial charge in [-0.15, -0.1) is 24.8 Å². The van der Waals surface area contributed by atoms with E-state index in [9.17, 15) is 5.11 Å². The van der Waals surface area contributed by atoms with Gasteiger partial charge in [0.05, 0.1) is 19.8 Å². The van der Waals surface area contributed by atoms with Crippen LogP contribution < -0.4 is 20.5 Å². The molecule has 0 bridgehead atoms. The molecule has 0 aromatic heterocycles. The van der Waals surface area contributed by atoms with E-state index in [1.165, 1.54) is 5.56 Å². The first-order valence-corrected chi connectivity index (χ1v) is 10.4. The van der Waals surface area contributed by atoms with Crippen LogP contribution in [-0.2, 0) is 11.2 Å². The third-order valence-electron chi connectivity index (χ3n) is 5.09. The van der Waals surface area contributed by atoms with E-state index in [1.54, 1.807) is 14.2 Å². The summed E-state index contributed by atoms with van der Waals surface area (Å²) in [5, 5.41) is 13.4. The van der Waals surface area contributed by atoms with Gasteiger partial charge in [-0.3, -0.25) is 0 Å². The Hall–Kier alpha value is -0.760. The Morgan fingerprint density at radius 3 is 2.37 bits per heavy atom. The number of halogens is 2. The molecule has 1 aromatic rings. The fourth-order valence-electron chi connectivity index (χ4n) is 3.19. The molecular formula is C22H42Cl2N2O4. The third-order valence-corrected chi connectivity index (χ3v) is 5.09. The summed E-state index contributed by atoms with van der Waals surface area (Å²) in [4.78, 5) is 0. The van der Waals surface area contributed by atoms with Gasteiger partial charge in [-0.05, 0) is 48.9 Å². The summed E-state index contributed by atoms with van der Waals surface area (Å²) in [7, 11) is 3.34. The Morgan fingerprint density at radius 1 is 1.10 bits per heavy atom. The molecule has 0 amide bonds. The number of rotatable bonds is 15. The lowest BCUT2D eigenvalue weighted by Crippen LogP contribution is -2.43. The van der Waals surface area contributed by atoms with Crippen LogP contribution >= 0.6 is 24.8 Å². The summed E-state index contributed by atoms with van der Waals surface area (Å²) >= 11 is 0. The van der Waals surface area contributed by atoms with Gasteiger partial charge in [0, 0.05) is 32.7 Å². The Morgan fingerprint density at radius 2 is 1.80 bits per heavy atom. The molecule has 0 aliphatic heterocycles. The second kappa shape index (κ2) is 17.9. The molecule has 6 nitrogen and oxygen atoms in total. The van der Waals surface area contributed by atoms with E-state index >= 15 is 0 Å². The minimum absolute atomic E-state index is 0. The minimum atomic E-state index is -0.531. The molecular weight excluding hydrogens is 427 g/mol. The van der Waals surface area contributed by atoms with Crippen molar-refractivity contribution in [2.24, 2.45) is 17.6 Å². The van der Waals surface area contributed by atoms with Gasteiger partial charge in [0.1, 0.15) is 0 Å².